The Bertz CT molecular complexity index is 404. The number of ketones is 1. The second kappa shape index (κ2) is 8.04. The van der Waals surface area contributed by atoms with E-state index in [1.165, 1.54) is 0 Å². The van der Waals surface area contributed by atoms with Gasteiger partial charge in [0, 0.05) is 11.6 Å². The van der Waals surface area contributed by atoms with E-state index < -0.39 is 6.04 Å². The molecule has 0 saturated heterocycles. The van der Waals surface area contributed by atoms with Gasteiger partial charge in [-0.2, -0.15) is 0 Å². The van der Waals surface area contributed by atoms with Gasteiger partial charge < -0.3 is 17.2 Å². The van der Waals surface area contributed by atoms with Crippen LogP contribution in [-0.2, 0) is 6.42 Å². The summed E-state index contributed by atoms with van der Waals surface area (Å²) in [6.07, 6.45) is 3.17. The first-order valence-corrected chi connectivity index (χ1v) is 6.89. The lowest BCUT2D eigenvalue weighted by molar-refractivity contribution is 0.0955. The van der Waals surface area contributed by atoms with Gasteiger partial charge >= 0.3 is 0 Å². The van der Waals surface area contributed by atoms with Gasteiger partial charge in [-0.05, 0) is 38.3 Å². The van der Waals surface area contributed by atoms with E-state index >= 15 is 0 Å². The van der Waals surface area contributed by atoms with Crippen molar-refractivity contribution in [2.75, 3.05) is 6.54 Å². The zero-order chi connectivity index (χ0) is 14.3. The number of benzene rings is 1. The van der Waals surface area contributed by atoms with Crippen molar-refractivity contribution in [1.82, 2.24) is 0 Å². The van der Waals surface area contributed by atoms with Crippen LogP contribution in [0.15, 0.2) is 24.3 Å². The van der Waals surface area contributed by atoms with E-state index in [9.17, 15) is 4.79 Å². The molecule has 1 aromatic carbocycles. The largest absolute Gasteiger partial charge is 0.330 e. The van der Waals surface area contributed by atoms with Crippen LogP contribution in [0.3, 0.4) is 0 Å². The van der Waals surface area contributed by atoms with E-state index in [-0.39, 0.29) is 11.8 Å². The Morgan fingerprint density at radius 1 is 1.21 bits per heavy atom. The first kappa shape index (κ1) is 15.8. The molecule has 0 spiro atoms. The molecule has 4 heteroatoms. The Hall–Kier alpha value is -1.23. The van der Waals surface area contributed by atoms with Crippen LogP contribution in [0.25, 0.3) is 0 Å². The minimum absolute atomic E-state index is 0.00766. The third-order valence-electron chi connectivity index (χ3n) is 3.13. The molecule has 0 bridgehead atoms. The standard InChI is InChI=1S/C15H25N3O/c1-11(17)10-12-6-2-3-7-13(12)15(19)14(18)8-4-5-9-16/h2-3,6-7,11,14H,4-5,8-10,16-18H2,1H3. The van der Waals surface area contributed by atoms with E-state index in [0.717, 1.165) is 18.4 Å². The van der Waals surface area contributed by atoms with Gasteiger partial charge in [-0.3, -0.25) is 4.79 Å². The highest BCUT2D eigenvalue weighted by Gasteiger charge is 2.18. The average Bonchev–Trinajstić information content (AvgIpc) is 2.38. The van der Waals surface area contributed by atoms with Crippen LogP contribution in [0.4, 0.5) is 0 Å². The summed E-state index contributed by atoms with van der Waals surface area (Å²) in [4.78, 5) is 12.3. The molecule has 4 nitrogen and oxygen atoms in total. The Morgan fingerprint density at radius 3 is 2.53 bits per heavy atom. The summed E-state index contributed by atoms with van der Waals surface area (Å²) < 4.78 is 0. The SMILES string of the molecule is CC(N)Cc1ccccc1C(=O)C(N)CCCCN. The lowest BCUT2D eigenvalue weighted by Crippen LogP contribution is -2.32. The number of carbonyl (C=O) groups is 1. The fourth-order valence-corrected chi connectivity index (χ4v) is 2.12. The van der Waals surface area contributed by atoms with Crippen LogP contribution in [0.2, 0.25) is 0 Å². The summed E-state index contributed by atoms with van der Waals surface area (Å²) in [5.74, 6) is 0.00766. The second-order valence-corrected chi connectivity index (χ2v) is 5.09. The number of unbranched alkanes of at least 4 members (excludes halogenated alkanes) is 1. The van der Waals surface area contributed by atoms with E-state index in [1.807, 2.05) is 31.2 Å². The lowest BCUT2D eigenvalue weighted by Gasteiger charge is -2.15. The smallest absolute Gasteiger partial charge is 0.179 e. The third-order valence-corrected chi connectivity index (χ3v) is 3.13. The minimum Gasteiger partial charge on any atom is -0.330 e. The lowest BCUT2D eigenvalue weighted by atomic mass is 9.93. The first-order valence-electron chi connectivity index (χ1n) is 6.89. The van der Waals surface area contributed by atoms with Crippen molar-refractivity contribution in [2.24, 2.45) is 17.2 Å². The molecule has 2 unspecified atom stereocenters. The highest BCUT2D eigenvalue weighted by atomic mass is 16.1. The normalized spacial score (nSPS) is 14.1. The minimum atomic E-state index is -0.444. The first-order chi connectivity index (χ1) is 9.06. The molecular weight excluding hydrogens is 238 g/mol. The number of carbonyl (C=O) groups excluding carboxylic acids is 1. The molecule has 6 N–H and O–H groups in total. The molecule has 0 radical (unpaired) electrons. The molecule has 0 aliphatic heterocycles. The Morgan fingerprint density at radius 2 is 1.89 bits per heavy atom. The molecule has 2 atom stereocenters. The molecular formula is C15H25N3O. The fourth-order valence-electron chi connectivity index (χ4n) is 2.12. The van der Waals surface area contributed by atoms with Gasteiger partial charge in [0.05, 0.1) is 6.04 Å². The van der Waals surface area contributed by atoms with E-state index in [1.54, 1.807) is 0 Å². The van der Waals surface area contributed by atoms with Gasteiger partial charge in [0.1, 0.15) is 0 Å². The van der Waals surface area contributed by atoms with Crippen molar-refractivity contribution < 1.29 is 4.79 Å². The van der Waals surface area contributed by atoms with Crippen molar-refractivity contribution in [2.45, 2.75) is 44.7 Å². The fraction of sp³-hybridized carbons (Fsp3) is 0.533. The predicted molar refractivity (Wildman–Crippen MR) is 79.0 cm³/mol. The Labute approximate surface area is 115 Å². The van der Waals surface area contributed by atoms with E-state index in [2.05, 4.69) is 0 Å². The van der Waals surface area contributed by atoms with Crippen molar-refractivity contribution in [3.8, 4) is 0 Å². The van der Waals surface area contributed by atoms with E-state index in [4.69, 9.17) is 17.2 Å². The highest BCUT2D eigenvalue weighted by Crippen LogP contribution is 2.14. The van der Waals surface area contributed by atoms with Gasteiger partial charge in [-0.25, -0.2) is 0 Å². The van der Waals surface area contributed by atoms with Gasteiger partial charge in [-0.1, -0.05) is 30.7 Å². The summed E-state index contributed by atoms with van der Waals surface area (Å²) in [5, 5.41) is 0. The van der Waals surface area contributed by atoms with Gasteiger partial charge in [-0.15, -0.1) is 0 Å². The maximum Gasteiger partial charge on any atom is 0.179 e. The molecule has 0 amide bonds. The molecule has 0 fully saturated rings. The maximum atomic E-state index is 12.3. The summed E-state index contributed by atoms with van der Waals surface area (Å²) in [5.41, 5.74) is 18.9. The molecule has 0 aromatic heterocycles. The molecule has 0 saturated carbocycles. The summed E-state index contributed by atoms with van der Waals surface area (Å²) in [6, 6.07) is 7.16. The second-order valence-electron chi connectivity index (χ2n) is 5.09. The van der Waals surface area contributed by atoms with Crippen LogP contribution < -0.4 is 17.2 Å². The molecule has 1 rings (SSSR count). The zero-order valence-electron chi connectivity index (χ0n) is 11.6. The van der Waals surface area contributed by atoms with Crippen LogP contribution >= 0.6 is 0 Å². The van der Waals surface area contributed by atoms with Crippen LogP contribution in [0, 0.1) is 0 Å². The number of rotatable bonds is 8. The monoisotopic (exact) mass is 263 g/mol. The van der Waals surface area contributed by atoms with Crippen molar-refractivity contribution in [3.05, 3.63) is 35.4 Å². The summed E-state index contributed by atoms with van der Waals surface area (Å²) >= 11 is 0. The van der Waals surface area contributed by atoms with Gasteiger partial charge in [0.2, 0.25) is 0 Å². The Balaban J connectivity index is 2.75. The Kier molecular flexibility index (Phi) is 6.70. The molecule has 0 aliphatic carbocycles. The number of hydrogen-bond acceptors (Lipinski definition) is 4. The van der Waals surface area contributed by atoms with Crippen LogP contribution in [0.1, 0.15) is 42.1 Å². The van der Waals surface area contributed by atoms with Gasteiger partial charge in [0.25, 0.3) is 0 Å². The highest BCUT2D eigenvalue weighted by molar-refractivity contribution is 6.01. The molecule has 106 valence electrons. The molecule has 1 aromatic rings. The number of hydrogen-bond donors (Lipinski definition) is 3. The predicted octanol–water partition coefficient (Wildman–Crippen LogP) is 1.22. The average molecular weight is 263 g/mol. The number of nitrogens with two attached hydrogens (primary N) is 3. The molecule has 0 heterocycles. The van der Waals surface area contributed by atoms with Crippen molar-refractivity contribution in [3.63, 3.8) is 0 Å². The van der Waals surface area contributed by atoms with Crippen molar-refractivity contribution in [1.29, 1.82) is 0 Å². The maximum absolute atomic E-state index is 12.3. The molecule has 0 aliphatic rings. The third kappa shape index (κ3) is 5.11. The number of Topliss-reactive ketones (excluding diaryl/α,β-unsaturated/α-hetero) is 1. The zero-order valence-corrected chi connectivity index (χ0v) is 11.6. The van der Waals surface area contributed by atoms with Gasteiger partial charge in [0.15, 0.2) is 5.78 Å². The quantitative estimate of drug-likeness (QED) is 0.485. The topological polar surface area (TPSA) is 95.1 Å². The molecule has 19 heavy (non-hydrogen) atoms. The van der Waals surface area contributed by atoms with Crippen LogP contribution in [0.5, 0.6) is 0 Å². The summed E-state index contributed by atoms with van der Waals surface area (Å²) in [7, 11) is 0. The van der Waals surface area contributed by atoms with E-state index in [0.29, 0.717) is 24.9 Å². The van der Waals surface area contributed by atoms with Crippen molar-refractivity contribution >= 4 is 5.78 Å². The summed E-state index contributed by atoms with van der Waals surface area (Å²) in [6.45, 7) is 2.57. The van der Waals surface area contributed by atoms with Crippen LogP contribution in [-0.4, -0.2) is 24.4 Å².